The third-order valence-corrected chi connectivity index (χ3v) is 3.02. The summed E-state index contributed by atoms with van der Waals surface area (Å²) in [5.41, 5.74) is 8.99. The summed E-state index contributed by atoms with van der Waals surface area (Å²) < 4.78 is 0. The van der Waals surface area contributed by atoms with Crippen molar-refractivity contribution in [3.8, 4) is 0 Å². The van der Waals surface area contributed by atoms with Gasteiger partial charge in [-0.25, -0.2) is 4.79 Å². The SMILES string of the molecule is CN(C)C(=O)NCCNc1cc2c(cc1N)CC(=O)N2. The van der Waals surface area contributed by atoms with Crippen molar-refractivity contribution in [2.75, 3.05) is 43.6 Å². The Kier molecular flexibility index (Phi) is 3.97. The number of benzene rings is 1. The number of nitrogens with two attached hydrogens (primary N) is 1. The van der Waals surface area contributed by atoms with Gasteiger partial charge in [-0.05, 0) is 17.7 Å². The van der Waals surface area contributed by atoms with E-state index in [0.29, 0.717) is 25.2 Å². The number of nitrogens with zero attached hydrogens (tertiary/aromatic N) is 1. The predicted octanol–water partition coefficient (Wildman–Crippen LogP) is 0.446. The van der Waals surface area contributed by atoms with Gasteiger partial charge in [-0.15, -0.1) is 0 Å². The number of carbonyl (C=O) groups excluding carboxylic acids is 2. The Morgan fingerprint density at radius 2 is 2.15 bits per heavy atom. The van der Waals surface area contributed by atoms with E-state index in [0.717, 1.165) is 16.9 Å². The average Bonchev–Trinajstić information content (AvgIpc) is 2.73. The molecule has 0 saturated heterocycles. The van der Waals surface area contributed by atoms with Crippen LogP contribution in [0.5, 0.6) is 0 Å². The van der Waals surface area contributed by atoms with E-state index < -0.39 is 0 Å². The smallest absolute Gasteiger partial charge is 0.316 e. The van der Waals surface area contributed by atoms with E-state index in [1.165, 1.54) is 4.90 Å². The van der Waals surface area contributed by atoms with Crippen LogP contribution in [0.4, 0.5) is 21.9 Å². The van der Waals surface area contributed by atoms with Crippen molar-refractivity contribution in [2.24, 2.45) is 0 Å². The van der Waals surface area contributed by atoms with E-state index in [4.69, 9.17) is 5.73 Å². The molecule has 0 spiro atoms. The third kappa shape index (κ3) is 3.11. The van der Waals surface area contributed by atoms with Gasteiger partial charge < -0.3 is 26.6 Å². The molecule has 1 aromatic rings. The topological polar surface area (TPSA) is 99.5 Å². The van der Waals surface area contributed by atoms with E-state index in [9.17, 15) is 9.59 Å². The second kappa shape index (κ2) is 5.68. The summed E-state index contributed by atoms with van der Waals surface area (Å²) in [6.07, 6.45) is 0.374. The lowest BCUT2D eigenvalue weighted by Gasteiger charge is -2.14. The minimum absolute atomic E-state index is 0.0187. The molecule has 0 aliphatic carbocycles. The fourth-order valence-electron chi connectivity index (χ4n) is 1.97. The highest BCUT2D eigenvalue weighted by Gasteiger charge is 2.19. The van der Waals surface area contributed by atoms with Crippen LogP contribution >= 0.6 is 0 Å². The Morgan fingerprint density at radius 1 is 1.40 bits per heavy atom. The molecular weight excluding hydrogens is 258 g/mol. The van der Waals surface area contributed by atoms with Gasteiger partial charge >= 0.3 is 6.03 Å². The van der Waals surface area contributed by atoms with E-state index in [2.05, 4.69) is 16.0 Å². The number of carbonyl (C=O) groups is 2. The maximum atomic E-state index is 11.3. The zero-order valence-corrected chi connectivity index (χ0v) is 11.6. The van der Waals surface area contributed by atoms with Gasteiger partial charge in [0.15, 0.2) is 0 Å². The van der Waals surface area contributed by atoms with E-state index >= 15 is 0 Å². The van der Waals surface area contributed by atoms with Crippen LogP contribution in [0.1, 0.15) is 5.56 Å². The highest BCUT2D eigenvalue weighted by atomic mass is 16.2. The molecule has 2 rings (SSSR count). The molecule has 0 atom stereocenters. The number of urea groups is 1. The van der Waals surface area contributed by atoms with Crippen LogP contribution in [0.2, 0.25) is 0 Å². The first-order valence-corrected chi connectivity index (χ1v) is 6.38. The number of hydrogen-bond acceptors (Lipinski definition) is 4. The highest BCUT2D eigenvalue weighted by Crippen LogP contribution is 2.31. The Bertz CT molecular complexity index is 542. The number of amides is 3. The zero-order valence-electron chi connectivity index (χ0n) is 11.6. The standard InChI is InChI=1S/C13H19N5O2/c1-18(2)13(20)16-4-3-15-11-7-10-8(5-9(11)14)6-12(19)17-10/h5,7,15H,3-4,6,14H2,1-2H3,(H,16,20)(H,17,19). The molecule has 0 radical (unpaired) electrons. The summed E-state index contributed by atoms with van der Waals surface area (Å²) >= 11 is 0. The van der Waals surface area contributed by atoms with Gasteiger partial charge in [0.1, 0.15) is 0 Å². The second-order valence-corrected chi connectivity index (χ2v) is 4.87. The molecule has 3 amide bonds. The van der Waals surface area contributed by atoms with Crippen LogP contribution < -0.4 is 21.7 Å². The molecule has 1 aliphatic rings. The predicted molar refractivity (Wildman–Crippen MR) is 78.8 cm³/mol. The van der Waals surface area contributed by atoms with Crippen LogP contribution in [0, 0.1) is 0 Å². The summed E-state index contributed by atoms with van der Waals surface area (Å²) in [6.45, 7) is 1.04. The molecule has 0 bridgehead atoms. The van der Waals surface area contributed by atoms with E-state index in [1.54, 1.807) is 20.2 Å². The van der Waals surface area contributed by atoms with Gasteiger partial charge in [0.05, 0.1) is 17.8 Å². The first-order valence-electron chi connectivity index (χ1n) is 6.38. The van der Waals surface area contributed by atoms with Crippen molar-refractivity contribution in [3.63, 3.8) is 0 Å². The molecule has 0 fully saturated rings. The summed E-state index contributed by atoms with van der Waals surface area (Å²) in [5.74, 6) is -0.0187. The lowest BCUT2D eigenvalue weighted by molar-refractivity contribution is -0.115. The Morgan fingerprint density at radius 3 is 2.85 bits per heavy atom. The van der Waals surface area contributed by atoms with Crippen LogP contribution in [0.25, 0.3) is 0 Å². The summed E-state index contributed by atoms with van der Waals surface area (Å²) in [5, 5.41) is 8.67. The molecule has 7 heteroatoms. The Balaban J connectivity index is 1.89. The van der Waals surface area contributed by atoms with Crippen molar-refractivity contribution in [2.45, 2.75) is 6.42 Å². The monoisotopic (exact) mass is 277 g/mol. The summed E-state index contributed by atoms with van der Waals surface area (Å²) in [4.78, 5) is 24.1. The van der Waals surface area contributed by atoms with Crippen molar-refractivity contribution < 1.29 is 9.59 Å². The molecule has 0 aromatic heterocycles. The van der Waals surface area contributed by atoms with Gasteiger partial charge in [0.2, 0.25) is 5.91 Å². The van der Waals surface area contributed by atoms with Gasteiger partial charge in [0, 0.05) is 32.9 Å². The lowest BCUT2D eigenvalue weighted by atomic mass is 10.1. The largest absolute Gasteiger partial charge is 0.397 e. The third-order valence-electron chi connectivity index (χ3n) is 3.02. The Labute approximate surface area is 117 Å². The number of hydrogen-bond donors (Lipinski definition) is 4. The van der Waals surface area contributed by atoms with Crippen molar-refractivity contribution >= 4 is 29.0 Å². The van der Waals surface area contributed by atoms with E-state index in [-0.39, 0.29) is 11.9 Å². The number of anilines is 3. The van der Waals surface area contributed by atoms with Crippen molar-refractivity contribution in [3.05, 3.63) is 17.7 Å². The Hall–Kier alpha value is -2.44. The first-order chi connectivity index (χ1) is 9.47. The van der Waals surface area contributed by atoms with Gasteiger partial charge in [0.25, 0.3) is 0 Å². The first kappa shape index (κ1) is 14.0. The average molecular weight is 277 g/mol. The summed E-state index contributed by atoms with van der Waals surface area (Å²) in [7, 11) is 3.37. The fraction of sp³-hybridized carbons (Fsp3) is 0.385. The second-order valence-electron chi connectivity index (χ2n) is 4.87. The minimum atomic E-state index is -0.138. The van der Waals surface area contributed by atoms with Gasteiger partial charge in [-0.1, -0.05) is 0 Å². The minimum Gasteiger partial charge on any atom is -0.397 e. The molecule has 1 aliphatic heterocycles. The van der Waals surface area contributed by atoms with Gasteiger partial charge in [-0.2, -0.15) is 0 Å². The number of nitrogens with one attached hydrogen (secondary N) is 3. The van der Waals surface area contributed by atoms with Crippen LogP contribution in [0.3, 0.4) is 0 Å². The molecule has 0 unspecified atom stereocenters. The molecule has 7 nitrogen and oxygen atoms in total. The van der Waals surface area contributed by atoms with Crippen LogP contribution in [-0.4, -0.2) is 44.0 Å². The lowest BCUT2D eigenvalue weighted by Crippen LogP contribution is -2.37. The normalized spacial score (nSPS) is 12.6. The molecular formula is C13H19N5O2. The molecule has 1 aromatic carbocycles. The quantitative estimate of drug-likeness (QED) is 0.474. The van der Waals surface area contributed by atoms with Crippen LogP contribution in [0.15, 0.2) is 12.1 Å². The maximum Gasteiger partial charge on any atom is 0.316 e. The van der Waals surface area contributed by atoms with Gasteiger partial charge in [-0.3, -0.25) is 4.79 Å². The van der Waals surface area contributed by atoms with E-state index in [1.807, 2.05) is 6.07 Å². The number of rotatable bonds is 4. The van der Waals surface area contributed by atoms with Crippen molar-refractivity contribution in [1.29, 1.82) is 0 Å². The molecule has 1 heterocycles. The zero-order chi connectivity index (χ0) is 14.7. The fourth-order valence-corrected chi connectivity index (χ4v) is 1.97. The number of fused-ring (bicyclic) bond motifs is 1. The molecule has 20 heavy (non-hydrogen) atoms. The maximum absolute atomic E-state index is 11.3. The highest BCUT2D eigenvalue weighted by molar-refractivity contribution is 6.00. The van der Waals surface area contributed by atoms with Crippen LogP contribution in [-0.2, 0) is 11.2 Å². The summed E-state index contributed by atoms with van der Waals surface area (Å²) in [6, 6.07) is 3.48. The molecule has 0 saturated carbocycles. The molecule has 5 N–H and O–H groups in total. The van der Waals surface area contributed by atoms with Crippen molar-refractivity contribution in [1.82, 2.24) is 10.2 Å². The molecule has 108 valence electrons. The number of nitrogen functional groups attached to an aromatic ring is 1.